The summed E-state index contributed by atoms with van der Waals surface area (Å²) in [5.74, 6) is 2.68. The molecule has 3 rings (SSSR count). The fraction of sp³-hybridized carbons (Fsp3) is 0.647. The third-order valence-corrected chi connectivity index (χ3v) is 4.89. The number of alkyl halides is 1. The number of pyridine rings is 1. The molecule has 0 amide bonds. The summed E-state index contributed by atoms with van der Waals surface area (Å²) in [5, 5.41) is -0.0792. The van der Waals surface area contributed by atoms with E-state index in [-0.39, 0.29) is 5.38 Å². The third-order valence-electron chi connectivity index (χ3n) is 4.70. The van der Waals surface area contributed by atoms with E-state index in [0.717, 1.165) is 35.4 Å². The summed E-state index contributed by atoms with van der Waals surface area (Å²) in [4.78, 5) is 9.16. The maximum absolute atomic E-state index is 6.31. The number of nitrogens with zero attached hydrogens (tertiary/aromatic N) is 3. The first kappa shape index (κ1) is 14.8. The molecule has 0 saturated heterocycles. The van der Waals surface area contributed by atoms with Crippen LogP contribution in [0, 0.1) is 11.8 Å². The molecule has 0 aliphatic heterocycles. The molecule has 3 nitrogen and oxygen atoms in total. The molecule has 1 aliphatic rings. The first-order chi connectivity index (χ1) is 10.1. The topological polar surface area (TPSA) is 30.7 Å². The summed E-state index contributed by atoms with van der Waals surface area (Å²) in [6, 6.07) is 3.95. The van der Waals surface area contributed by atoms with Gasteiger partial charge in [0.05, 0.1) is 5.38 Å². The van der Waals surface area contributed by atoms with E-state index in [0.29, 0.717) is 0 Å². The number of fused-ring (bicyclic) bond motifs is 1. The second kappa shape index (κ2) is 6.35. The van der Waals surface area contributed by atoms with Gasteiger partial charge in [-0.05, 0) is 43.7 Å². The van der Waals surface area contributed by atoms with Crippen LogP contribution in [0.3, 0.4) is 0 Å². The van der Waals surface area contributed by atoms with Gasteiger partial charge >= 0.3 is 0 Å². The van der Waals surface area contributed by atoms with Gasteiger partial charge in [0.15, 0.2) is 5.65 Å². The van der Waals surface area contributed by atoms with E-state index in [1.807, 2.05) is 25.3 Å². The van der Waals surface area contributed by atoms with Gasteiger partial charge in [-0.2, -0.15) is 0 Å². The van der Waals surface area contributed by atoms with Crippen LogP contribution < -0.4 is 0 Å². The van der Waals surface area contributed by atoms with E-state index in [4.69, 9.17) is 11.6 Å². The summed E-state index contributed by atoms with van der Waals surface area (Å²) < 4.78 is 2.23. The van der Waals surface area contributed by atoms with Crippen molar-refractivity contribution in [3.05, 3.63) is 24.2 Å². The standard InChI is InChI=1S/C17H24ClN3/c1-12-5-3-6-14(11-12)8-10-21-16(13(2)18)20-15-7-4-9-19-17(15)21/h4,7,9,12-14H,3,5-6,8,10-11H2,1-2H3. The van der Waals surface area contributed by atoms with Crippen molar-refractivity contribution in [2.45, 2.75) is 57.9 Å². The zero-order valence-electron chi connectivity index (χ0n) is 12.9. The van der Waals surface area contributed by atoms with Gasteiger partial charge in [-0.1, -0.05) is 26.2 Å². The normalized spacial score (nSPS) is 24.3. The second-order valence-corrected chi connectivity index (χ2v) is 7.16. The van der Waals surface area contributed by atoms with Gasteiger partial charge in [0.1, 0.15) is 11.3 Å². The van der Waals surface area contributed by atoms with Crippen LogP contribution in [0.2, 0.25) is 0 Å². The molecule has 114 valence electrons. The average molecular weight is 306 g/mol. The minimum Gasteiger partial charge on any atom is -0.311 e. The Hall–Kier alpha value is -1.09. The molecule has 2 aromatic heterocycles. The van der Waals surface area contributed by atoms with E-state index in [9.17, 15) is 0 Å². The summed E-state index contributed by atoms with van der Waals surface area (Å²) in [5.41, 5.74) is 1.93. The highest BCUT2D eigenvalue weighted by Gasteiger charge is 2.21. The van der Waals surface area contributed by atoms with E-state index in [1.165, 1.54) is 32.1 Å². The van der Waals surface area contributed by atoms with Gasteiger partial charge in [0, 0.05) is 12.7 Å². The Morgan fingerprint density at radius 1 is 1.43 bits per heavy atom. The highest BCUT2D eigenvalue weighted by Crippen LogP contribution is 2.32. The SMILES string of the molecule is CC1CCCC(CCn2c(C(C)Cl)nc3cccnc32)C1. The van der Waals surface area contributed by atoms with Crippen LogP contribution in [-0.4, -0.2) is 14.5 Å². The average Bonchev–Trinajstić information content (AvgIpc) is 2.84. The predicted octanol–water partition coefficient (Wildman–Crippen LogP) is 4.95. The Kier molecular flexibility index (Phi) is 4.48. The van der Waals surface area contributed by atoms with Gasteiger partial charge in [0.25, 0.3) is 0 Å². The molecule has 3 atom stereocenters. The van der Waals surface area contributed by atoms with Crippen molar-refractivity contribution in [2.75, 3.05) is 0 Å². The highest BCUT2D eigenvalue weighted by molar-refractivity contribution is 6.20. The van der Waals surface area contributed by atoms with Gasteiger partial charge in [-0.3, -0.25) is 0 Å². The first-order valence-electron chi connectivity index (χ1n) is 8.10. The minimum atomic E-state index is -0.0792. The molecule has 2 aromatic rings. The van der Waals surface area contributed by atoms with Crippen LogP contribution in [0.15, 0.2) is 18.3 Å². The number of hydrogen-bond acceptors (Lipinski definition) is 2. The summed E-state index contributed by atoms with van der Waals surface area (Å²) in [7, 11) is 0. The number of hydrogen-bond donors (Lipinski definition) is 0. The van der Waals surface area contributed by atoms with Crippen molar-refractivity contribution in [1.29, 1.82) is 0 Å². The largest absolute Gasteiger partial charge is 0.311 e. The quantitative estimate of drug-likeness (QED) is 0.748. The fourth-order valence-corrected chi connectivity index (χ4v) is 3.80. The van der Waals surface area contributed by atoms with E-state index >= 15 is 0 Å². The lowest BCUT2D eigenvalue weighted by Crippen LogP contribution is -2.16. The van der Waals surface area contributed by atoms with Crippen LogP contribution in [0.25, 0.3) is 11.2 Å². The van der Waals surface area contributed by atoms with Crippen molar-refractivity contribution in [3.63, 3.8) is 0 Å². The number of aromatic nitrogens is 3. The van der Waals surface area contributed by atoms with Crippen LogP contribution >= 0.6 is 11.6 Å². The molecule has 0 radical (unpaired) electrons. The molecule has 4 heteroatoms. The molecule has 2 heterocycles. The van der Waals surface area contributed by atoms with Gasteiger partial charge in [-0.25, -0.2) is 9.97 Å². The molecule has 0 N–H and O–H groups in total. The number of imidazole rings is 1. The van der Waals surface area contributed by atoms with Crippen LogP contribution in [-0.2, 0) is 6.54 Å². The zero-order chi connectivity index (χ0) is 14.8. The molecule has 1 aliphatic carbocycles. The lowest BCUT2D eigenvalue weighted by Gasteiger charge is -2.27. The Morgan fingerprint density at radius 2 is 2.29 bits per heavy atom. The van der Waals surface area contributed by atoms with Crippen LogP contribution in [0.1, 0.15) is 57.2 Å². The lowest BCUT2D eigenvalue weighted by molar-refractivity contribution is 0.261. The zero-order valence-corrected chi connectivity index (χ0v) is 13.7. The molecule has 1 fully saturated rings. The van der Waals surface area contributed by atoms with E-state index < -0.39 is 0 Å². The predicted molar refractivity (Wildman–Crippen MR) is 87.5 cm³/mol. The third kappa shape index (κ3) is 3.23. The molecular weight excluding hydrogens is 282 g/mol. The van der Waals surface area contributed by atoms with Crippen molar-refractivity contribution < 1.29 is 0 Å². The van der Waals surface area contributed by atoms with E-state index in [1.54, 1.807) is 0 Å². The molecule has 21 heavy (non-hydrogen) atoms. The summed E-state index contributed by atoms with van der Waals surface area (Å²) in [6.45, 7) is 5.35. The smallest absolute Gasteiger partial charge is 0.160 e. The fourth-order valence-electron chi connectivity index (χ4n) is 3.63. The Morgan fingerprint density at radius 3 is 3.05 bits per heavy atom. The second-order valence-electron chi connectivity index (χ2n) is 6.51. The molecule has 0 spiro atoms. The Bertz CT molecular complexity index is 605. The summed E-state index contributed by atoms with van der Waals surface area (Å²) in [6.07, 6.45) is 8.57. The lowest BCUT2D eigenvalue weighted by atomic mass is 9.81. The maximum atomic E-state index is 6.31. The molecule has 0 bridgehead atoms. The van der Waals surface area contributed by atoms with Crippen LogP contribution in [0.5, 0.6) is 0 Å². The van der Waals surface area contributed by atoms with Crippen molar-refractivity contribution >= 4 is 22.8 Å². The van der Waals surface area contributed by atoms with Crippen molar-refractivity contribution in [1.82, 2.24) is 14.5 Å². The van der Waals surface area contributed by atoms with Gasteiger partial charge < -0.3 is 4.57 Å². The maximum Gasteiger partial charge on any atom is 0.160 e. The Labute approximate surface area is 131 Å². The van der Waals surface area contributed by atoms with Crippen molar-refractivity contribution in [2.24, 2.45) is 11.8 Å². The highest BCUT2D eigenvalue weighted by atomic mass is 35.5. The van der Waals surface area contributed by atoms with Crippen LogP contribution in [0.4, 0.5) is 0 Å². The summed E-state index contributed by atoms with van der Waals surface area (Å²) >= 11 is 6.31. The minimum absolute atomic E-state index is 0.0792. The van der Waals surface area contributed by atoms with Gasteiger partial charge in [0.2, 0.25) is 0 Å². The molecule has 3 unspecified atom stereocenters. The van der Waals surface area contributed by atoms with Crippen molar-refractivity contribution in [3.8, 4) is 0 Å². The molecule has 1 saturated carbocycles. The molecule has 0 aromatic carbocycles. The monoisotopic (exact) mass is 305 g/mol. The van der Waals surface area contributed by atoms with Gasteiger partial charge in [-0.15, -0.1) is 11.6 Å². The number of rotatable bonds is 4. The number of halogens is 1. The first-order valence-corrected chi connectivity index (χ1v) is 8.54. The number of aryl methyl sites for hydroxylation is 1. The van der Waals surface area contributed by atoms with E-state index in [2.05, 4.69) is 21.5 Å². The Balaban J connectivity index is 1.80. The molecular formula is C17H24ClN3.